The van der Waals surface area contributed by atoms with E-state index in [1.54, 1.807) is 12.1 Å². The van der Waals surface area contributed by atoms with Gasteiger partial charge in [-0.2, -0.15) is 18.3 Å². The van der Waals surface area contributed by atoms with Gasteiger partial charge in [-0.05, 0) is 23.8 Å². The lowest BCUT2D eigenvalue weighted by Crippen LogP contribution is -2.35. The molecule has 2 heterocycles. The van der Waals surface area contributed by atoms with Crippen molar-refractivity contribution >= 4 is 35.2 Å². The molecule has 5 nitrogen and oxygen atoms in total. The van der Waals surface area contributed by atoms with Crippen LogP contribution in [0.15, 0.2) is 24.4 Å². The van der Waals surface area contributed by atoms with Crippen LogP contribution in [0.5, 0.6) is 0 Å². The Kier molecular flexibility index (Phi) is 4.42. The van der Waals surface area contributed by atoms with Crippen molar-refractivity contribution in [1.82, 2.24) is 14.7 Å². The Bertz CT molecular complexity index is 878. The number of fused-ring (bicyclic) bond motifs is 1. The summed E-state index contributed by atoms with van der Waals surface area (Å²) in [7, 11) is 0. The van der Waals surface area contributed by atoms with Crippen LogP contribution in [0.4, 0.5) is 13.2 Å². The van der Waals surface area contributed by atoms with E-state index >= 15 is 0 Å². The molecule has 0 saturated heterocycles. The van der Waals surface area contributed by atoms with Crippen LogP contribution in [0.3, 0.4) is 0 Å². The molecule has 0 spiro atoms. The third-order valence-electron chi connectivity index (χ3n) is 3.70. The molecular weight excluding hydrogens is 382 g/mol. The van der Waals surface area contributed by atoms with E-state index in [9.17, 15) is 23.1 Å². The fourth-order valence-electron chi connectivity index (χ4n) is 2.51. The second-order valence-electron chi connectivity index (χ2n) is 5.32. The monoisotopic (exact) mass is 391 g/mol. The zero-order valence-electron chi connectivity index (χ0n) is 12.4. The highest BCUT2D eigenvalue weighted by atomic mass is 35.5. The van der Waals surface area contributed by atoms with E-state index in [0.29, 0.717) is 15.6 Å². The van der Waals surface area contributed by atoms with Crippen molar-refractivity contribution in [2.75, 3.05) is 0 Å². The van der Waals surface area contributed by atoms with Crippen molar-refractivity contribution in [3.8, 4) is 0 Å². The number of hydrogen-bond acceptors (Lipinski definition) is 3. The van der Waals surface area contributed by atoms with Gasteiger partial charge >= 0.3 is 12.3 Å². The van der Waals surface area contributed by atoms with Crippen LogP contribution < -0.4 is 0 Å². The predicted octanol–water partition coefficient (Wildman–Crippen LogP) is 4.24. The molecule has 2 aromatic rings. The highest BCUT2D eigenvalue weighted by molar-refractivity contribution is 6.35. The molecule has 132 valence electrons. The Morgan fingerprint density at radius 1 is 1.32 bits per heavy atom. The van der Waals surface area contributed by atoms with Crippen LogP contribution in [-0.4, -0.2) is 32.1 Å². The number of alkyl halides is 3. The van der Waals surface area contributed by atoms with E-state index in [1.165, 1.54) is 10.7 Å². The summed E-state index contributed by atoms with van der Waals surface area (Å²) in [5, 5.41) is 13.9. The van der Waals surface area contributed by atoms with Gasteiger partial charge in [0.2, 0.25) is 0 Å². The van der Waals surface area contributed by atoms with Crippen molar-refractivity contribution < 1.29 is 23.1 Å². The van der Waals surface area contributed by atoms with Crippen LogP contribution in [0.2, 0.25) is 10.0 Å². The van der Waals surface area contributed by atoms with Crippen molar-refractivity contribution in [1.29, 1.82) is 0 Å². The maximum Gasteiger partial charge on any atom is 0.484 e. The maximum absolute atomic E-state index is 13.0. The number of benzene rings is 1. The molecular formula is C15H10Cl2F3N3O2. The third kappa shape index (κ3) is 3.45. The standard InChI is InChI=1S/C15H10Cl2F3N3O2/c16-9-2-1-8(11(17)5-9)6-23-12-7-22(15(18,19)20)4-3-10(12)13(21-23)14(24)25/h1-5H,6-7H2,(H,24,25). The number of carbonyl (C=O) groups is 1. The molecule has 0 bridgehead atoms. The molecule has 0 unspecified atom stereocenters. The highest BCUT2D eigenvalue weighted by Gasteiger charge is 2.38. The minimum absolute atomic E-state index is 0.0190. The highest BCUT2D eigenvalue weighted by Crippen LogP contribution is 2.32. The SMILES string of the molecule is O=C(O)c1nn(Cc2ccc(Cl)cc2Cl)c2c1C=CN(C(F)(F)F)C2. The molecule has 1 aromatic heterocycles. The summed E-state index contributed by atoms with van der Waals surface area (Å²) in [5.74, 6) is -1.32. The Hall–Kier alpha value is -2.19. The minimum atomic E-state index is -4.58. The second kappa shape index (κ2) is 6.27. The van der Waals surface area contributed by atoms with Crippen LogP contribution >= 0.6 is 23.2 Å². The summed E-state index contributed by atoms with van der Waals surface area (Å²) >= 11 is 11.9. The molecule has 25 heavy (non-hydrogen) atoms. The number of nitrogens with zero attached hydrogens (tertiary/aromatic N) is 3. The quantitative estimate of drug-likeness (QED) is 0.794. The van der Waals surface area contributed by atoms with E-state index < -0.39 is 18.8 Å². The average molecular weight is 392 g/mol. The molecule has 0 atom stereocenters. The smallest absolute Gasteiger partial charge is 0.476 e. The topological polar surface area (TPSA) is 58.4 Å². The van der Waals surface area contributed by atoms with E-state index in [2.05, 4.69) is 5.10 Å². The van der Waals surface area contributed by atoms with E-state index in [0.717, 1.165) is 12.3 Å². The van der Waals surface area contributed by atoms with Gasteiger partial charge in [0.1, 0.15) is 0 Å². The summed E-state index contributed by atoms with van der Waals surface area (Å²) in [6, 6.07) is 4.69. The Balaban J connectivity index is 2.03. The van der Waals surface area contributed by atoms with Gasteiger partial charge < -0.3 is 5.11 Å². The Labute approximate surface area is 149 Å². The second-order valence-corrected chi connectivity index (χ2v) is 6.16. The van der Waals surface area contributed by atoms with Crippen molar-refractivity contribution in [2.45, 2.75) is 19.4 Å². The van der Waals surface area contributed by atoms with Gasteiger partial charge in [-0.3, -0.25) is 9.58 Å². The largest absolute Gasteiger partial charge is 0.484 e. The van der Waals surface area contributed by atoms with Gasteiger partial charge in [0, 0.05) is 21.8 Å². The zero-order chi connectivity index (χ0) is 18.4. The Morgan fingerprint density at radius 2 is 2.04 bits per heavy atom. The average Bonchev–Trinajstić information content (AvgIpc) is 2.87. The maximum atomic E-state index is 13.0. The van der Waals surface area contributed by atoms with Crippen molar-refractivity contribution in [2.24, 2.45) is 0 Å². The van der Waals surface area contributed by atoms with Crippen LogP contribution in [0.25, 0.3) is 6.08 Å². The number of halogens is 5. The van der Waals surface area contributed by atoms with Crippen LogP contribution in [0, 0.1) is 0 Å². The molecule has 1 N–H and O–H groups in total. The van der Waals surface area contributed by atoms with Gasteiger partial charge in [-0.15, -0.1) is 0 Å². The molecule has 3 rings (SSSR count). The lowest BCUT2D eigenvalue weighted by atomic mass is 10.1. The Morgan fingerprint density at radius 3 is 2.64 bits per heavy atom. The third-order valence-corrected chi connectivity index (χ3v) is 4.29. The van der Waals surface area contributed by atoms with Crippen LogP contribution in [0.1, 0.15) is 27.3 Å². The first-order valence-corrected chi connectivity index (χ1v) is 7.71. The molecule has 1 aliphatic rings. The summed E-state index contributed by atoms with van der Waals surface area (Å²) < 4.78 is 40.1. The molecule has 1 aromatic carbocycles. The predicted molar refractivity (Wildman–Crippen MR) is 85.4 cm³/mol. The van der Waals surface area contributed by atoms with Gasteiger partial charge in [0.05, 0.1) is 18.8 Å². The number of aromatic carboxylic acids is 1. The number of carboxylic acids is 1. The van der Waals surface area contributed by atoms with Crippen molar-refractivity contribution in [3.05, 3.63) is 57.0 Å². The van der Waals surface area contributed by atoms with E-state index in [1.807, 2.05) is 0 Å². The molecule has 1 aliphatic heterocycles. The van der Waals surface area contributed by atoms with Crippen molar-refractivity contribution in [3.63, 3.8) is 0 Å². The number of rotatable bonds is 3. The number of aromatic nitrogens is 2. The fourth-order valence-corrected chi connectivity index (χ4v) is 2.97. The van der Waals surface area contributed by atoms with Crippen LogP contribution in [-0.2, 0) is 13.1 Å². The summed E-state index contributed by atoms with van der Waals surface area (Å²) in [6.45, 7) is -0.522. The summed E-state index contributed by atoms with van der Waals surface area (Å²) in [5.41, 5.74) is 0.543. The molecule has 10 heteroatoms. The molecule has 0 radical (unpaired) electrons. The first-order chi connectivity index (χ1) is 11.7. The van der Waals surface area contributed by atoms with E-state index in [-0.39, 0.29) is 28.4 Å². The fraction of sp³-hybridized carbons (Fsp3) is 0.200. The van der Waals surface area contributed by atoms with Gasteiger partial charge in [0.15, 0.2) is 5.69 Å². The summed E-state index contributed by atoms with van der Waals surface area (Å²) in [6.07, 6.45) is -2.68. The zero-order valence-corrected chi connectivity index (χ0v) is 13.9. The normalized spacial score (nSPS) is 13.9. The van der Waals surface area contributed by atoms with E-state index in [4.69, 9.17) is 23.2 Å². The van der Waals surface area contributed by atoms with Gasteiger partial charge in [-0.1, -0.05) is 29.3 Å². The minimum Gasteiger partial charge on any atom is -0.476 e. The molecule has 0 amide bonds. The first kappa shape index (κ1) is 17.6. The summed E-state index contributed by atoms with van der Waals surface area (Å²) in [4.78, 5) is 11.5. The lowest BCUT2D eigenvalue weighted by Gasteiger charge is -2.26. The molecule has 0 saturated carbocycles. The molecule has 0 aliphatic carbocycles. The lowest BCUT2D eigenvalue weighted by molar-refractivity contribution is -0.231. The van der Waals surface area contributed by atoms with Gasteiger partial charge in [-0.25, -0.2) is 4.79 Å². The number of carboxylic acid groups (broad SMARTS) is 1. The molecule has 0 fully saturated rings. The van der Waals surface area contributed by atoms with Gasteiger partial charge in [0.25, 0.3) is 0 Å². The first-order valence-electron chi connectivity index (χ1n) is 6.95. The number of hydrogen-bond donors (Lipinski definition) is 1.